The molecule has 2 aromatic carbocycles. The number of carbonyl (C=O) groups excluding carboxylic acids is 3. The van der Waals surface area contributed by atoms with Crippen molar-refractivity contribution < 1.29 is 18.8 Å². The van der Waals surface area contributed by atoms with E-state index < -0.39 is 5.82 Å². The molecular formula is C20H19FN4O3S. The molecule has 150 valence electrons. The topological polar surface area (TPSA) is 81.8 Å². The Morgan fingerprint density at radius 2 is 1.86 bits per heavy atom. The molecule has 1 fully saturated rings. The first-order valence-electron chi connectivity index (χ1n) is 9.16. The molecule has 2 heterocycles. The van der Waals surface area contributed by atoms with Crippen molar-refractivity contribution in [3.05, 3.63) is 59.4 Å². The maximum Gasteiger partial charge on any atom is 0.319 e. The summed E-state index contributed by atoms with van der Waals surface area (Å²) in [6.07, 6.45) is 0.789. The number of rotatable bonds is 3. The van der Waals surface area contributed by atoms with Crippen LogP contribution in [0.3, 0.4) is 0 Å². The summed E-state index contributed by atoms with van der Waals surface area (Å²) in [5, 5.41) is 6.11. The van der Waals surface area contributed by atoms with Crippen LogP contribution in [0.5, 0.6) is 0 Å². The Morgan fingerprint density at radius 1 is 1.10 bits per heavy atom. The maximum absolute atomic E-state index is 13.3. The van der Waals surface area contributed by atoms with Crippen molar-refractivity contribution in [3.8, 4) is 0 Å². The van der Waals surface area contributed by atoms with E-state index in [1.165, 1.54) is 30.0 Å². The predicted octanol–water partition coefficient (Wildman–Crippen LogP) is 2.61. The monoisotopic (exact) mass is 414 g/mol. The summed E-state index contributed by atoms with van der Waals surface area (Å²) in [5.74, 6) is -0.685. The molecule has 2 aromatic rings. The number of halogens is 1. The number of thioether (sulfide) groups is 1. The zero-order chi connectivity index (χ0) is 20.4. The second-order valence-electron chi connectivity index (χ2n) is 6.75. The van der Waals surface area contributed by atoms with Gasteiger partial charge in [-0.3, -0.25) is 9.59 Å². The average molecular weight is 414 g/mol. The molecule has 0 spiro atoms. The molecule has 2 aliphatic heterocycles. The number of hydrogen-bond donors (Lipinski definition) is 2. The lowest BCUT2D eigenvalue weighted by atomic mass is 10.2. The van der Waals surface area contributed by atoms with Gasteiger partial charge in [0, 0.05) is 42.2 Å². The van der Waals surface area contributed by atoms with Gasteiger partial charge in [-0.1, -0.05) is 17.8 Å². The van der Waals surface area contributed by atoms with Gasteiger partial charge in [0.2, 0.25) is 0 Å². The van der Waals surface area contributed by atoms with Gasteiger partial charge in [0.15, 0.2) is 5.50 Å². The van der Waals surface area contributed by atoms with Crippen LogP contribution in [-0.4, -0.2) is 59.7 Å². The molecule has 0 radical (unpaired) electrons. The number of piperazine rings is 1. The number of benzene rings is 2. The molecule has 4 rings (SSSR count). The minimum absolute atomic E-state index is 0.226. The fourth-order valence-electron chi connectivity index (χ4n) is 3.31. The number of nitrogens with zero attached hydrogens (tertiary/aromatic N) is 2. The van der Waals surface area contributed by atoms with Gasteiger partial charge in [0.05, 0.1) is 5.69 Å². The minimum atomic E-state index is -0.448. The van der Waals surface area contributed by atoms with E-state index in [-0.39, 0.29) is 17.4 Å². The smallest absolute Gasteiger partial charge is 0.319 e. The number of aldehydes is 1. The third kappa shape index (κ3) is 4.19. The molecule has 0 saturated carbocycles. The van der Waals surface area contributed by atoms with Crippen LogP contribution in [-0.2, 0) is 0 Å². The minimum Gasteiger partial charge on any atom is -0.356 e. The summed E-state index contributed by atoms with van der Waals surface area (Å²) in [6.45, 7) is 1.56. The molecule has 3 amide bonds. The fraction of sp³-hybridized carbons (Fsp3) is 0.250. The van der Waals surface area contributed by atoms with E-state index >= 15 is 0 Å². The summed E-state index contributed by atoms with van der Waals surface area (Å²) in [6, 6.07) is 10.7. The molecule has 0 aliphatic carbocycles. The van der Waals surface area contributed by atoms with Crippen LogP contribution in [0.25, 0.3) is 0 Å². The molecule has 2 N–H and O–H groups in total. The van der Waals surface area contributed by atoms with Gasteiger partial charge in [-0.15, -0.1) is 0 Å². The number of carbonyl (C=O) groups is 3. The second kappa shape index (κ2) is 8.12. The first-order valence-corrected chi connectivity index (χ1v) is 10.0. The van der Waals surface area contributed by atoms with Gasteiger partial charge in [-0.05, 0) is 36.4 Å². The van der Waals surface area contributed by atoms with E-state index in [2.05, 4.69) is 10.6 Å². The van der Waals surface area contributed by atoms with Crippen LogP contribution in [0.2, 0.25) is 0 Å². The summed E-state index contributed by atoms with van der Waals surface area (Å²) < 4.78 is 13.3. The first-order chi connectivity index (χ1) is 14.0. The van der Waals surface area contributed by atoms with Crippen LogP contribution in [0.15, 0.2) is 47.4 Å². The zero-order valence-corrected chi connectivity index (χ0v) is 16.2. The molecule has 0 aromatic heterocycles. The largest absolute Gasteiger partial charge is 0.356 e. The normalized spacial score (nSPS) is 18.0. The van der Waals surface area contributed by atoms with Crippen LogP contribution in [0.4, 0.5) is 14.9 Å². The summed E-state index contributed by atoms with van der Waals surface area (Å²) in [7, 11) is 0. The highest BCUT2D eigenvalue weighted by Crippen LogP contribution is 2.37. The van der Waals surface area contributed by atoms with Gasteiger partial charge >= 0.3 is 6.03 Å². The highest BCUT2D eigenvalue weighted by molar-refractivity contribution is 8.00. The Balaban J connectivity index is 1.29. The van der Waals surface area contributed by atoms with Gasteiger partial charge in [0.1, 0.15) is 12.1 Å². The van der Waals surface area contributed by atoms with Crippen LogP contribution in [0.1, 0.15) is 20.7 Å². The third-order valence-corrected chi connectivity index (χ3v) is 5.92. The Labute approximate surface area is 171 Å². The maximum atomic E-state index is 13.3. The molecule has 2 aliphatic rings. The quantitative estimate of drug-likeness (QED) is 0.755. The lowest BCUT2D eigenvalue weighted by Gasteiger charge is -2.35. The fourth-order valence-corrected chi connectivity index (χ4v) is 4.37. The van der Waals surface area contributed by atoms with Gasteiger partial charge in [-0.25, -0.2) is 9.18 Å². The van der Waals surface area contributed by atoms with Crippen molar-refractivity contribution >= 4 is 35.7 Å². The van der Waals surface area contributed by atoms with Crippen molar-refractivity contribution in [2.24, 2.45) is 0 Å². The van der Waals surface area contributed by atoms with Crippen LogP contribution in [0, 0.1) is 5.82 Å². The van der Waals surface area contributed by atoms with E-state index in [1.54, 1.807) is 28.0 Å². The number of urea groups is 1. The summed E-state index contributed by atoms with van der Waals surface area (Å²) in [5.41, 5.74) is 1.44. The highest BCUT2D eigenvalue weighted by atomic mass is 32.2. The Bertz CT molecular complexity index is 962. The molecular weight excluding hydrogens is 395 g/mol. The molecule has 9 heteroatoms. The predicted molar refractivity (Wildman–Crippen MR) is 108 cm³/mol. The van der Waals surface area contributed by atoms with Gasteiger partial charge < -0.3 is 20.4 Å². The lowest BCUT2D eigenvalue weighted by Crippen LogP contribution is -2.54. The molecule has 7 nitrogen and oxygen atoms in total. The molecule has 1 unspecified atom stereocenters. The third-order valence-electron chi connectivity index (χ3n) is 4.85. The average Bonchev–Trinajstić information content (AvgIpc) is 3.14. The Morgan fingerprint density at radius 3 is 2.59 bits per heavy atom. The number of anilines is 1. The van der Waals surface area contributed by atoms with Crippen molar-refractivity contribution in [2.45, 2.75) is 10.4 Å². The van der Waals surface area contributed by atoms with E-state index in [9.17, 15) is 18.8 Å². The Kier molecular flexibility index (Phi) is 5.39. The van der Waals surface area contributed by atoms with Crippen molar-refractivity contribution in [1.82, 2.24) is 15.1 Å². The van der Waals surface area contributed by atoms with Crippen LogP contribution < -0.4 is 10.6 Å². The first kappa shape index (κ1) is 19.3. The number of hydrogen-bond acceptors (Lipinski definition) is 5. The van der Waals surface area contributed by atoms with E-state index in [0.29, 0.717) is 37.3 Å². The zero-order valence-electron chi connectivity index (χ0n) is 15.4. The standard InChI is InChI=1S/C20H19FN4O3S/c21-15-3-1-2-14(11-15)18(27)24-6-8-25(9-7-24)20(28)23-19-22-16-5-4-13(12-26)10-17(16)29-19/h1-5,10-12,19,22H,6-9H2,(H,23,28). The number of nitrogens with one attached hydrogen (secondary N) is 2. The second-order valence-corrected chi connectivity index (χ2v) is 7.90. The molecule has 1 atom stereocenters. The molecule has 29 heavy (non-hydrogen) atoms. The summed E-state index contributed by atoms with van der Waals surface area (Å²) >= 11 is 1.43. The van der Waals surface area contributed by atoms with Gasteiger partial charge in [0.25, 0.3) is 5.91 Å². The highest BCUT2D eigenvalue weighted by Gasteiger charge is 2.28. The van der Waals surface area contributed by atoms with Gasteiger partial charge in [-0.2, -0.15) is 0 Å². The van der Waals surface area contributed by atoms with Crippen molar-refractivity contribution in [1.29, 1.82) is 0 Å². The Hall–Kier alpha value is -3.07. The van der Waals surface area contributed by atoms with Crippen molar-refractivity contribution in [2.75, 3.05) is 31.5 Å². The number of fused-ring (bicyclic) bond motifs is 1. The van der Waals surface area contributed by atoms with E-state index in [4.69, 9.17) is 0 Å². The number of amides is 3. The van der Waals surface area contributed by atoms with E-state index in [1.807, 2.05) is 6.07 Å². The van der Waals surface area contributed by atoms with Crippen LogP contribution >= 0.6 is 11.8 Å². The van der Waals surface area contributed by atoms with Crippen molar-refractivity contribution in [3.63, 3.8) is 0 Å². The molecule has 0 bridgehead atoms. The SMILES string of the molecule is O=Cc1ccc2c(c1)SC(NC(=O)N1CCN(C(=O)c3cccc(F)c3)CC1)N2. The molecule has 1 saturated heterocycles. The summed E-state index contributed by atoms with van der Waals surface area (Å²) in [4.78, 5) is 40.1. The lowest BCUT2D eigenvalue weighted by molar-refractivity contribution is 0.0664. The van der Waals surface area contributed by atoms with E-state index in [0.717, 1.165) is 16.9 Å².